The highest BCUT2D eigenvalue weighted by molar-refractivity contribution is 7.13. The van der Waals surface area contributed by atoms with Crippen LogP contribution >= 0.6 is 11.3 Å². The molecule has 0 radical (unpaired) electrons. The summed E-state index contributed by atoms with van der Waals surface area (Å²) in [5.41, 5.74) is 2.14. The predicted molar refractivity (Wildman–Crippen MR) is 82.6 cm³/mol. The van der Waals surface area contributed by atoms with Gasteiger partial charge in [-0.15, -0.1) is 11.3 Å². The number of pyridine rings is 1. The summed E-state index contributed by atoms with van der Waals surface area (Å²) in [5, 5.41) is 5.74. The van der Waals surface area contributed by atoms with Crippen molar-refractivity contribution < 1.29 is 0 Å². The summed E-state index contributed by atoms with van der Waals surface area (Å²) in [6.45, 7) is 0. The standard InChI is InChI=1S/C17H11NS/c1-2-5-14-12(4-1)7-8-13-9-10-15(18-17(13)14)16-6-3-11-19-16/h1-11H. The van der Waals surface area contributed by atoms with Crippen LogP contribution in [-0.2, 0) is 0 Å². The minimum atomic E-state index is 1.05. The maximum absolute atomic E-state index is 4.86. The minimum absolute atomic E-state index is 1.05. The molecule has 0 aliphatic rings. The fourth-order valence-corrected chi connectivity index (χ4v) is 3.11. The van der Waals surface area contributed by atoms with Crippen molar-refractivity contribution in [2.45, 2.75) is 0 Å². The van der Waals surface area contributed by atoms with Gasteiger partial charge < -0.3 is 0 Å². The van der Waals surface area contributed by atoms with E-state index in [1.54, 1.807) is 11.3 Å². The molecule has 0 saturated heterocycles. The summed E-state index contributed by atoms with van der Waals surface area (Å²) in [6.07, 6.45) is 0. The molecule has 0 saturated carbocycles. The highest BCUT2D eigenvalue weighted by Gasteiger charge is 2.05. The van der Waals surface area contributed by atoms with Crippen molar-refractivity contribution in [2.75, 3.05) is 0 Å². The van der Waals surface area contributed by atoms with Crippen molar-refractivity contribution in [3.8, 4) is 10.6 Å². The number of fused-ring (bicyclic) bond motifs is 3. The van der Waals surface area contributed by atoms with Gasteiger partial charge in [-0.2, -0.15) is 0 Å². The second-order valence-corrected chi connectivity index (χ2v) is 5.48. The Labute approximate surface area is 115 Å². The fraction of sp³-hybridized carbons (Fsp3) is 0. The van der Waals surface area contributed by atoms with Gasteiger partial charge in [0.15, 0.2) is 0 Å². The van der Waals surface area contributed by atoms with Crippen molar-refractivity contribution in [1.82, 2.24) is 4.98 Å². The number of rotatable bonds is 1. The number of nitrogens with zero attached hydrogens (tertiary/aromatic N) is 1. The number of hydrogen-bond donors (Lipinski definition) is 0. The summed E-state index contributed by atoms with van der Waals surface area (Å²) in [4.78, 5) is 6.07. The monoisotopic (exact) mass is 261 g/mol. The summed E-state index contributed by atoms with van der Waals surface area (Å²) in [6, 6.07) is 21.1. The molecule has 0 spiro atoms. The molecule has 90 valence electrons. The third kappa shape index (κ3) is 1.72. The van der Waals surface area contributed by atoms with Crippen molar-refractivity contribution in [2.24, 2.45) is 0 Å². The van der Waals surface area contributed by atoms with Crippen molar-refractivity contribution in [1.29, 1.82) is 0 Å². The molecular weight excluding hydrogens is 250 g/mol. The topological polar surface area (TPSA) is 12.9 Å². The third-order valence-electron chi connectivity index (χ3n) is 3.36. The zero-order chi connectivity index (χ0) is 12.7. The molecule has 2 aromatic carbocycles. The molecule has 4 aromatic rings. The molecule has 4 rings (SSSR count). The van der Waals surface area contributed by atoms with E-state index in [4.69, 9.17) is 4.98 Å². The van der Waals surface area contributed by atoms with E-state index in [-0.39, 0.29) is 0 Å². The molecule has 0 aliphatic heterocycles. The lowest BCUT2D eigenvalue weighted by atomic mass is 10.1. The van der Waals surface area contributed by atoms with Crippen LogP contribution in [0.25, 0.3) is 32.2 Å². The molecule has 0 N–H and O–H groups in total. The van der Waals surface area contributed by atoms with E-state index in [1.165, 1.54) is 21.0 Å². The van der Waals surface area contributed by atoms with Crippen LogP contribution in [0.4, 0.5) is 0 Å². The van der Waals surface area contributed by atoms with E-state index in [2.05, 4.69) is 66.0 Å². The van der Waals surface area contributed by atoms with E-state index in [1.807, 2.05) is 0 Å². The van der Waals surface area contributed by atoms with Crippen LogP contribution in [0, 0.1) is 0 Å². The van der Waals surface area contributed by atoms with E-state index in [9.17, 15) is 0 Å². The van der Waals surface area contributed by atoms with Gasteiger partial charge in [0, 0.05) is 10.8 Å². The molecule has 2 heterocycles. The van der Waals surface area contributed by atoms with Gasteiger partial charge in [-0.25, -0.2) is 4.98 Å². The number of hydrogen-bond acceptors (Lipinski definition) is 2. The van der Waals surface area contributed by atoms with Crippen LogP contribution in [-0.4, -0.2) is 4.98 Å². The first-order valence-corrected chi connectivity index (χ1v) is 7.12. The molecule has 2 aromatic heterocycles. The Morgan fingerprint density at radius 2 is 1.58 bits per heavy atom. The Morgan fingerprint density at radius 3 is 2.47 bits per heavy atom. The van der Waals surface area contributed by atoms with E-state index in [0.717, 1.165) is 11.2 Å². The summed E-state index contributed by atoms with van der Waals surface area (Å²) in [5.74, 6) is 0. The average Bonchev–Trinajstić information content (AvgIpc) is 3.01. The van der Waals surface area contributed by atoms with Crippen molar-refractivity contribution in [3.63, 3.8) is 0 Å². The summed E-state index contributed by atoms with van der Waals surface area (Å²) in [7, 11) is 0. The Morgan fingerprint density at radius 1 is 0.737 bits per heavy atom. The fourth-order valence-electron chi connectivity index (χ4n) is 2.42. The van der Waals surface area contributed by atoms with Gasteiger partial charge in [0.05, 0.1) is 16.1 Å². The van der Waals surface area contributed by atoms with Crippen LogP contribution in [0.2, 0.25) is 0 Å². The van der Waals surface area contributed by atoms with E-state index in [0.29, 0.717) is 0 Å². The van der Waals surface area contributed by atoms with E-state index < -0.39 is 0 Å². The smallest absolute Gasteiger partial charge is 0.0809 e. The number of aromatic nitrogens is 1. The Kier molecular flexibility index (Phi) is 2.35. The second-order valence-electron chi connectivity index (χ2n) is 4.53. The largest absolute Gasteiger partial charge is 0.246 e. The quantitative estimate of drug-likeness (QED) is 0.433. The van der Waals surface area contributed by atoms with Crippen molar-refractivity contribution in [3.05, 3.63) is 66.0 Å². The molecule has 0 amide bonds. The first-order chi connectivity index (χ1) is 9.42. The van der Waals surface area contributed by atoms with Gasteiger partial charge in [-0.05, 0) is 22.9 Å². The zero-order valence-electron chi connectivity index (χ0n) is 10.2. The third-order valence-corrected chi connectivity index (χ3v) is 4.25. The molecule has 0 unspecified atom stereocenters. The molecular formula is C17H11NS. The van der Waals surface area contributed by atoms with Crippen LogP contribution in [0.15, 0.2) is 66.0 Å². The Bertz CT molecular complexity index is 863. The van der Waals surface area contributed by atoms with Crippen LogP contribution < -0.4 is 0 Å². The van der Waals surface area contributed by atoms with Gasteiger partial charge in [0.25, 0.3) is 0 Å². The molecule has 0 aliphatic carbocycles. The van der Waals surface area contributed by atoms with Gasteiger partial charge in [-0.3, -0.25) is 0 Å². The van der Waals surface area contributed by atoms with Gasteiger partial charge in [-0.1, -0.05) is 48.5 Å². The van der Waals surface area contributed by atoms with Crippen LogP contribution in [0.1, 0.15) is 0 Å². The normalized spacial score (nSPS) is 11.2. The number of benzene rings is 2. The average molecular weight is 261 g/mol. The SMILES string of the molecule is c1csc(-c2ccc3ccc4ccccc4c3n2)c1. The summed E-state index contributed by atoms with van der Waals surface area (Å²) >= 11 is 1.73. The summed E-state index contributed by atoms with van der Waals surface area (Å²) < 4.78 is 0. The first kappa shape index (κ1) is 10.7. The molecule has 2 heteroatoms. The Balaban J connectivity index is 2.09. The van der Waals surface area contributed by atoms with E-state index >= 15 is 0 Å². The minimum Gasteiger partial charge on any atom is -0.246 e. The maximum atomic E-state index is 4.86. The molecule has 0 fully saturated rings. The van der Waals surface area contributed by atoms with Crippen LogP contribution in [0.5, 0.6) is 0 Å². The maximum Gasteiger partial charge on any atom is 0.0809 e. The van der Waals surface area contributed by atoms with Crippen LogP contribution in [0.3, 0.4) is 0 Å². The lowest BCUT2D eigenvalue weighted by molar-refractivity contribution is 1.43. The zero-order valence-corrected chi connectivity index (χ0v) is 11.0. The van der Waals surface area contributed by atoms with Gasteiger partial charge in [0.1, 0.15) is 0 Å². The van der Waals surface area contributed by atoms with Crippen molar-refractivity contribution >= 4 is 33.0 Å². The number of thiophene rings is 1. The highest BCUT2D eigenvalue weighted by atomic mass is 32.1. The molecule has 0 atom stereocenters. The molecule has 0 bridgehead atoms. The lowest BCUT2D eigenvalue weighted by Gasteiger charge is -2.05. The predicted octanol–water partition coefficient (Wildman–Crippen LogP) is 5.12. The lowest BCUT2D eigenvalue weighted by Crippen LogP contribution is -1.85. The Hall–Kier alpha value is -2.19. The molecule has 19 heavy (non-hydrogen) atoms. The van der Waals surface area contributed by atoms with Gasteiger partial charge >= 0.3 is 0 Å². The van der Waals surface area contributed by atoms with Gasteiger partial charge in [0.2, 0.25) is 0 Å². The molecule has 1 nitrogen and oxygen atoms in total. The highest BCUT2D eigenvalue weighted by Crippen LogP contribution is 2.28. The first-order valence-electron chi connectivity index (χ1n) is 6.24. The second kappa shape index (κ2) is 4.18.